The highest BCUT2D eigenvalue weighted by Crippen LogP contribution is 2.48. The standard InChI is InChI=1S/C40H50F3N7O6S/c1-7-26-20-28-33(34(54-24-40(41,42)43)32(26)31-25(2)8-9-30-29(31)21-44-47-30)45-36(55-27-10-14-48(15-11-27)18-19-57(6,52)53)46-35(28)49-16-12-39(13-17-49)22-50(23-39)37(51)56-38(3,4)5/h7-9,20-21,27H,1,10-19,22-24H2,2-6H3,(H,44,47). The number of H-pyrrole nitrogens is 1. The molecule has 57 heavy (non-hydrogen) atoms. The SMILES string of the molecule is C=Cc1cc2c(N3CCC4(CC3)CN(C(=O)OC(C)(C)C)C4)nc(OC3CCN(CCS(C)(=O)=O)CC3)nc2c(OCC(F)(F)F)c1-c1c(C)ccc2[nH]ncc12. The van der Waals surface area contributed by atoms with Crippen LogP contribution >= 0.6 is 0 Å². The number of fused-ring (bicyclic) bond motifs is 2. The Morgan fingerprint density at radius 1 is 1.05 bits per heavy atom. The summed E-state index contributed by atoms with van der Waals surface area (Å²) >= 11 is 0. The Labute approximate surface area is 330 Å². The summed E-state index contributed by atoms with van der Waals surface area (Å²) in [6.07, 6.45) is 1.85. The van der Waals surface area contributed by atoms with Crippen LogP contribution in [0.3, 0.4) is 0 Å². The molecule has 0 atom stereocenters. The number of halogens is 3. The highest BCUT2D eigenvalue weighted by atomic mass is 32.2. The molecule has 1 spiro atoms. The van der Waals surface area contributed by atoms with E-state index in [2.05, 4.69) is 26.6 Å². The number of nitrogens with zero attached hydrogens (tertiary/aromatic N) is 6. The van der Waals surface area contributed by atoms with Gasteiger partial charge in [0.15, 0.2) is 12.4 Å². The lowest BCUT2D eigenvalue weighted by Crippen LogP contribution is -2.62. The van der Waals surface area contributed by atoms with Crippen molar-refractivity contribution in [1.82, 2.24) is 30.0 Å². The maximum absolute atomic E-state index is 14.0. The number of anilines is 1. The largest absolute Gasteiger partial charge is 0.481 e. The van der Waals surface area contributed by atoms with Crippen molar-refractivity contribution in [3.63, 3.8) is 0 Å². The van der Waals surface area contributed by atoms with Gasteiger partial charge in [-0.3, -0.25) is 5.10 Å². The van der Waals surface area contributed by atoms with Gasteiger partial charge in [0.25, 0.3) is 0 Å². The quantitative estimate of drug-likeness (QED) is 0.181. The van der Waals surface area contributed by atoms with Crippen molar-refractivity contribution in [3.8, 4) is 22.9 Å². The Kier molecular flexibility index (Phi) is 10.9. The molecule has 2 aromatic carbocycles. The average molecular weight is 814 g/mol. The lowest BCUT2D eigenvalue weighted by atomic mass is 9.72. The van der Waals surface area contributed by atoms with Crippen molar-refractivity contribution in [2.75, 3.05) is 69.3 Å². The number of carbonyl (C=O) groups is 1. The van der Waals surface area contributed by atoms with Gasteiger partial charge in [-0.1, -0.05) is 18.7 Å². The van der Waals surface area contributed by atoms with Crippen LogP contribution in [0.15, 0.2) is 31.0 Å². The fourth-order valence-electron chi connectivity index (χ4n) is 8.11. The zero-order chi connectivity index (χ0) is 40.9. The highest BCUT2D eigenvalue weighted by molar-refractivity contribution is 7.90. The summed E-state index contributed by atoms with van der Waals surface area (Å²) in [5, 5.41) is 8.36. The molecule has 3 fully saturated rings. The third kappa shape index (κ3) is 9.09. The van der Waals surface area contributed by atoms with Crippen LogP contribution in [0.1, 0.15) is 57.6 Å². The third-order valence-electron chi connectivity index (χ3n) is 11.0. The molecule has 13 nitrogen and oxygen atoms in total. The van der Waals surface area contributed by atoms with Gasteiger partial charge in [-0.05, 0) is 82.2 Å². The van der Waals surface area contributed by atoms with Gasteiger partial charge in [-0.15, -0.1) is 0 Å². The molecule has 308 valence electrons. The average Bonchev–Trinajstić information content (AvgIpc) is 3.60. The fourth-order valence-corrected chi connectivity index (χ4v) is 8.70. The normalized spacial score (nSPS) is 18.2. The summed E-state index contributed by atoms with van der Waals surface area (Å²) in [6, 6.07) is 5.60. The smallest absolute Gasteiger partial charge is 0.422 e. The van der Waals surface area contributed by atoms with Crippen molar-refractivity contribution < 1.29 is 40.6 Å². The number of benzene rings is 2. The van der Waals surface area contributed by atoms with E-state index in [1.165, 1.54) is 6.26 Å². The predicted molar refractivity (Wildman–Crippen MR) is 212 cm³/mol. The molecule has 0 saturated carbocycles. The molecule has 0 aliphatic carbocycles. The maximum atomic E-state index is 14.0. The van der Waals surface area contributed by atoms with Gasteiger partial charge < -0.3 is 28.9 Å². The van der Waals surface area contributed by atoms with E-state index >= 15 is 0 Å². The van der Waals surface area contributed by atoms with Crippen LogP contribution in [0.25, 0.3) is 39.0 Å². The van der Waals surface area contributed by atoms with E-state index in [1.807, 2.05) is 45.9 Å². The summed E-state index contributed by atoms with van der Waals surface area (Å²) in [4.78, 5) is 28.4. The minimum atomic E-state index is -4.65. The molecule has 3 saturated heterocycles. The topological polar surface area (TPSA) is 143 Å². The van der Waals surface area contributed by atoms with Crippen LogP contribution in [0, 0.1) is 12.3 Å². The van der Waals surface area contributed by atoms with E-state index in [1.54, 1.807) is 17.2 Å². The number of alkyl halides is 3. The number of aromatic nitrogens is 4. The zero-order valence-electron chi connectivity index (χ0n) is 33.0. The Morgan fingerprint density at radius 3 is 2.39 bits per heavy atom. The number of amides is 1. The second-order valence-corrected chi connectivity index (χ2v) is 19.0. The Balaban J connectivity index is 1.28. The van der Waals surface area contributed by atoms with Gasteiger partial charge in [-0.25, -0.2) is 13.2 Å². The van der Waals surface area contributed by atoms with Gasteiger partial charge in [0.1, 0.15) is 32.9 Å². The molecule has 1 N–H and O–H groups in total. The summed E-state index contributed by atoms with van der Waals surface area (Å²) in [5.41, 5.74) is 2.56. The van der Waals surface area contributed by atoms with E-state index < -0.39 is 28.2 Å². The van der Waals surface area contributed by atoms with Crippen molar-refractivity contribution in [2.45, 2.75) is 71.3 Å². The number of aryl methyl sites for hydroxylation is 1. The molecule has 3 aliphatic rings. The van der Waals surface area contributed by atoms with Gasteiger partial charge >= 0.3 is 18.3 Å². The number of rotatable bonds is 10. The molecule has 3 aliphatic heterocycles. The molecule has 5 heterocycles. The van der Waals surface area contributed by atoms with Crippen molar-refractivity contribution in [1.29, 1.82) is 0 Å². The fraction of sp³-hybridized carbons (Fsp3) is 0.550. The number of sulfone groups is 1. The second-order valence-electron chi connectivity index (χ2n) is 16.7. The highest BCUT2D eigenvalue weighted by Gasteiger charge is 2.48. The molecule has 0 unspecified atom stereocenters. The molecule has 0 bridgehead atoms. The van der Waals surface area contributed by atoms with E-state index in [0.29, 0.717) is 97.5 Å². The lowest BCUT2D eigenvalue weighted by molar-refractivity contribution is -0.153. The number of aromatic amines is 1. The minimum Gasteiger partial charge on any atom is -0.481 e. The minimum absolute atomic E-state index is 0.0134. The van der Waals surface area contributed by atoms with Crippen LogP contribution < -0.4 is 14.4 Å². The molecule has 7 rings (SSSR count). The molecule has 2 aromatic heterocycles. The first-order valence-electron chi connectivity index (χ1n) is 19.2. The summed E-state index contributed by atoms with van der Waals surface area (Å²) in [5.74, 6) is 0.498. The van der Waals surface area contributed by atoms with Crippen molar-refractivity contribution in [3.05, 3.63) is 42.1 Å². The van der Waals surface area contributed by atoms with Crippen molar-refractivity contribution >= 4 is 49.6 Å². The summed E-state index contributed by atoms with van der Waals surface area (Å²) < 4.78 is 83.5. The van der Waals surface area contributed by atoms with Gasteiger partial charge in [-0.2, -0.15) is 28.2 Å². The van der Waals surface area contributed by atoms with E-state index in [9.17, 15) is 26.4 Å². The Bertz CT molecular complexity index is 2270. The zero-order valence-corrected chi connectivity index (χ0v) is 33.9. The van der Waals surface area contributed by atoms with Gasteiger partial charge in [0, 0.05) is 73.8 Å². The second kappa shape index (κ2) is 15.3. The first-order valence-corrected chi connectivity index (χ1v) is 21.3. The lowest BCUT2D eigenvalue weighted by Gasteiger charge is -2.53. The number of carbonyl (C=O) groups excluding carboxylic acids is 1. The number of piperidine rings is 2. The molecular weight excluding hydrogens is 764 g/mol. The number of likely N-dealkylation sites (tertiary alicyclic amines) is 2. The van der Waals surface area contributed by atoms with E-state index in [4.69, 9.17) is 24.2 Å². The molecule has 1 amide bonds. The van der Waals surface area contributed by atoms with Gasteiger partial charge in [0.2, 0.25) is 0 Å². The van der Waals surface area contributed by atoms with Crippen LogP contribution in [0.4, 0.5) is 23.8 Å². The first-order chi connectivity index (χ1) is 26.8. The number of hydrogen-bond acceptors (Lipinski definition) is 11. The number of nitrogens with one attached hydrogen (secondary N) is 1. The Morgan fingerprint density at radius 2 is 1.75 bits per heavy atom. The molecular formula is C40H50F3N7O6S. The third-order valence-corrected chi connectivity index (χ3v) is 12.0. The van der Waals surface area contributed by atoms with Crippen LogP contribution in [0.5, 0.6) is 11.8 Å². The predicted octanol–water partition coefficient (Wildman–Crippen LogP) is 6.79. The maximum Gasteiger partial charge on any atom is 0.422 e. The summed E-state index contributed by atoms with van der Waals surface area (Å²) in [6.45, 7) is 13.8. The number of ether oxygens (including phenoxy) is 3. The van der Waals surface area contributed by atoms with Gasteiger partial charge in [0.05, 0.1) is 17.5 Å². The monoisotopic (exact) mass is 813 g/mol. The number of hydrogen-bond donors (Lipinski definition) is 1. The van der Waals surface area contributed by atoms with Crippen LogP contribution in [-0.2, 0) is 14.6 Å². The van der Waals surface area contributed by atoms with E-state index in [0.717, 1.165) is 18.4 Å². The van der Waals surface area contributed by atoms with Crippen LogP contribution in [-0.4, -0.2) is 127 Å². The Hall–Kier alpha value is -4.64. The van der Waals surface area contributed by atoms with Crippen molar-refractivity contribution in [2.24, 2.45) is 5.41 Å². The first kappa shape index (κ1) is 40.6. The van der Waals surface area contributed by atoms with E-state index in [-0.39, 0.29) is 40.6 Å². The summed E-state index contributed by atoms with van der Waals surface area (Å²) in [7, 11) is -3.11. The molecule has 4 aromatic rings. The molecule has 17 heteroatoms. The van der Waals surface area contributed by atoms with Crippen LogP contribution in [0.2, 0.25) is 0 Å². The molecule has 0 radical (unpaired) electrons.